The molecule has 4 aromatic rings. The van der Waals surface area contributed by atoms with Crippen molar-refractivity contribution < 1.29 is 0 Å². The Hall–Kier alpha value is -2.58. The summed E-state index contributed by atoms with van der Waals surface area (Å²) in [7, 11) is 4.36. The zero-order chi connectivity index (χ0) is 19.4. The molecule has 0 amide bonds. The van der Waals surface area contributed by atoms with E-state index in [1.54, 1.807) is 11.1 Å². The van der Waals surface area contributed by atoms with Crippen LogP contribution in [0.5, 0.6) is 0 Å². The smallest absolute Gasteiger partial charge is 0.0533 e. The summed E-state index contributed by atoms with van der Waals surface area (Å²) in [6.45, 7) is 6.61. The predicted molar refractivity (Wildman–Crippen MR) is 119 cm³/mol. The first-order valence-corrected chi connectivity index (χ1v) is 10.4. The Balaban J connectivity index is 1.94. The number of aromatic nitrogens is 1. The summed E-state index contributed by atoms with van der Waals surface area (Å²) >= 11 is 0. The van der Waals surface area contributed by atoms with Gasteiger partial charge in [-0.1, -0.05) is 42.5 Å². The van der Waals surface area contributed by atoms with Crippen molar-refractivity contribution in [1.82, 2.24) is 9.47 Å². The minimum atomic E-state index is 0.981. The van der Waals surface area contributed by atoms with Gasteiger partial charge in [0, 0.05) is 35.8 Å². The number of hydrogen-bond donors (Lipinski definition) is 0. The molecule has 0 N–H and O–H groups in total. The highest BCUT2D eigenvalue weighted by atomic mass is 15.1. The molecule has 28 heavy (non-hydrogen) atoms. The average molecular weight is 369 g/mol. The summed E-state index contributed by atoms with van der Waals surface area (Å²) in [5.41, 5.74) is 11.9. The quantitative estimate of drug-likeness (QED) is 0.398. The summed E-state index contributed by atoms with van der Waals surface area (Å²) < 4.78 is 2.55. The van der Waals surface area contributed by atoms with Crippen LogP contribution < -0.4 is 0 Å². The van der Waals surface area contributed by atoms with Crippen molar-refractivity contribution in [3.63, 3.8) is 0 Å². The van der Waals surface area contributed by atoms with Gasteiger partial charge in [-0.3, -0.25) is 0 Å². The maximum Gasteiger partial charge on any atom is 0.0533 e. The summed E-state index contributed by atoms with van der Waals surface area (Å²) in [6, 6.07) is 17.9. The van der Waals surface area contributed by atoms with E-state index < -0.39 is 0 Å². The molecular formula is C26H28N2. The lowest BCUT2D eigenvalue weighted by atomic mass is 9.80. The third-order valence-electron chi connectivity index (χ3n) is 6.47. The molecule has 142 valence electrons. The monoisotopic (exact) mass is 368 g/mol. The van der Waals surface area contributed by atoms with Crippen molar-refractivity contribution >= 4 is 21.8 Å². The zero-order valence-corrected chi connectivity index (χ0v) is 17.3. The van der Waals surface area contributed by atoms with Crippen molar-refractivity contribution in [3.8, 4) is 0 Å². The fourth-order valence-electron chi connectivity index (χ4n) is 5.22. The Morgan fingerprint density at radius 3 is 2.21 bits per heavy atom. The maximum atomic E-state index is 2.55. The van der Waals surface area contributed by atoms with Gasteiger partial charge >= 0.3 is 0 Å². The second-order valence-corrected chi connectivity index (χ2v) is 8.41. The van der Waals surface area contributed by atoms with Gasteiger partial charge in [-0.15, -0.1) is 0 Å². The topological polar surface area (TPSA) is 8.17 Å². The molecule has 0 radical (unpaired) electrons. The van der Waals surface area contributed by atoms with Gasteiger partial charge < -0.3 is 9.47 Å². The number of benzene rings is 3. The van der Waals surface area contributed by atoms with Gasteiger partial charge in [0.1, 0.15) is 0 Å². The van der Waals surface area contributed by atoms with Crippen LogP contribution >= 0.6 is 0 Å². The molecule has 1 aromatic heterocycles. The molecule has 1 aliphatic rings. The molecule has 2 nitrogen and oxygen atoms in total. The number of fused-ring (bicyclic) bond motifs is 6. The van der Waals surface area contributed by atoms with Gasteiger partial charge in [0.2, 0.25) is 0 Å². The first-order chi connectivity index (χ1) is 13.6. The molecule has 2 heteroatoms. The molecule has 1 aliphatic carbocycles. The standard InChI is InChI=1S/C26H28N2/c1-5-28-24-13-9-8-12-20(24)25-23(16-27(3)4)17(2)21-14-18-10-6-7-11-19(18)15-22(21)26(25)28/h6-13H,5,14-16H2,1-4H3. The SMILES string of the molecule is CCn1c2ccccc2c2c(CN(C)C)c(C)c3c(c21)Cc1ccccc1C3. The summed E-state index contributed by atoms with van der Waals surface area (Å²) in [5.74, 6) is 0. The molecule has 5 rings (SSSR count). The van der Waals surface area contributed by atoms with Gasteiger partial charge in [0.25, 0.3) is 0 Å². The number of aryl methyl sites for hydroxylation is 1. The van der Waals surface area contributed by atoms with Crippen LogP contribution in [0.3, 0.4) is 0 Å². The van der Waals surface area contributed by atoms with Crippen molar-refractivity contribution in [2.24, 2.45) is 0 Å². The third kappa shape index (κ3) is 2.44. The van der Waals surface area contributed by atoms with Crippen molar-refractivity contribution in [3.05, 3.63) is 81.9 Å². The van der Waals surface area contributed by atoms with Crippen LogP contribution in [0.15, 0.2) is 48.5 Å². The highest BCUT2D eigenvalue weighted by Crippen LogP contribution is 2.42. The molecule has 3 aromatic carbocycles. The van der Waals surface area contributed by atoms with Crippen LogP contribution in [0.1, 0.15) is 40.3 Å². The van der Waals surface area contributed by atoms with Crippen LogP contribution in [0.2, 0.25) is 0 Å². The molecule has 0 saturated carbocycles. The minimum absolute atomic E-state index is 0.981. The summed E-state index contributed by atoms with van der Waals surface area (Å²) in [4.78, 5) is 2.31. The lowest BCUT2D eigenvalue weighted by Crippen LogP contribution is -2.17. The normalized spacial score (nSPS) is 13.3. The Labute approximate surface area is 167 Å². The van der Waals surface area contributed by atoms with Gasteiger partial charge in [0.05, 0.1) is 5.52 Å². The molecule has 0 aliphatic heterocycles. The van der Waals surface area contributed by atoms with Crippen LogP contribution in [0.4, 0.5) is 0 Å². The van der Waals surface area contributed by atoms with Crippen LogP contribution in [0, 0.1) is 6.92 Å². The fourth-order valence-corrected chi connectivity index (χ4v) is 5.22. The number of hydrogen-bond acceptors (Lipinski definition) is 1. The lowest BCUT2D eigenvalue weighted by Gasteiger charge is -2.26. The summed E-state index contributed by atoms with van der Waals surface area (Å²) in [5, 5.41) is 2.88. The third-order valence-corrected chi connectivity index (χ3v) is 6.47. The van der Waals surface area contributed by atoms with Crippen LogP contribution in [0.25, 0.3) is 21.8 Å². The highest BCUT2D eigenvalue weighted by molar-refractivity contribution is 6.12. The van der Waals surface area contributed by atoms with Gasteiger partial charge in [-0.2, -0.15) is 0 Å². The van der Waals surface area contributed by atoms with E-state index in [0.29, 0.717) is 0 Å². The van der Waals surface area contributed by atoms with Crippen molar-refractivity contribution in [2.45, 2.75) is 39.8 Å². The van der Waals surface area contributed by atoms with Gasteiger partial charge in [-0.05, 0) is 73.8 Å². The van der Waals surface area contributed by atoms with E-state index >= 15 is 0 Å². The van der Waals surface area contributed by atoms with E-state index in [-0.39, 0.29) is 0 Å². The molecule has 1 heterocycles. The Morgan fingerprint density at radius 2 is 1.54 bits per heavy atom. The Bertz CT molecular complexity index is 1210. The van der Waals surface area contributed by atoms with Crippen LogP contribution in [-0.4, -0.2) is 23.6 Å². The molecule has 0 spiro atoms. The largest absolute Gasteiger partial charge is 0.341 e. The van der Waals surface area contributed by atoms with Crippen LogP contribution in [-0.2, 0) is 25.9 Å². The average Bonchev–Trinajstić information content (AvgIpc) is 3.04. The number of nitrogens with zero attached hydrogens (tertiary/aromatic N) is 2. The van der Waals surface area contributed by atoms with E-state index in [9.17, 15) is 0 Å². The van der Waals surface area contributed by atoms with Gasteiger partial charge in [-0.25, -0.2) is 0 Å². The molecule has 0 atom stereocenters. The second kappa shape index (κ2) is 6.49. The number of rotatable bonds is 3. The molecular weight excluding hydrogens is 340 g/mol. The van der Waals surface area contributed by atoms with E-state index in [0.717, 1.165) is 25.9 Å². The molecule has 0 bridgehead atoms. The Kier molecular flexibility index (Phi) is 4.06. The van der Waals surface area contributed by atoms with Crippen molar-refractivity contribution in [1.29, 1.82) is 0 Å². The first kappa shape index (κ1) is 17.5. The Morgan fingerprint density at radius 1 is 0.893 bits per heavy atom. The van der Waals surface area contributed by atoms with E-state index in [2.05, 4.69) is 85.9 Å². The fraction of sp³-hybridized carbons (Fsp3) is 0.308. The second-order valence-electron chi connectivity index (χ2n) is 8.41. The maximum absolute atomic E-state index is 2.55. The minimum Gasteiger partial charge on any atom is -0.341 e. The van der Waals surface area contributed by atoms with Gasteiger partial charge in [0.15, 0.2) is 0 Å². The first-order valence-electron chi connectivity index (χ1n) is 10.4. The van der Waals surface area contributed by atoms with E-state index in [4.69, 9.17) is 0 Å². The molecule has 0 fully saturated rings. The van der Waals surface area contributed by atoms with E-state index in [1.165, 1.54) is 44.1 Å². The van der Waals surface area contributed by atoms with Crippen molar-refractivity contribution in [2.75, 3.05) is 14.1 Å². The molecule has 0 unspecified atom stereocenters. The van der Waals surface area contributed by atoms with E-state index in [1.807, 2.05) is 0 Å². The predicted octanol–water partition coefficient (Wildman–Crippen LogP) is 5.68. The zero-order valence-electron chi connectivity index (χ0n) is 17.3. The molecule has 0 saturated heterocycles. The number of para-hydroxylation sites is 1. The highest BCUT2D eigenvalue weighted by Gasteiger charge is 2.26. The summed E-state index contributed by atoms with van der Waals surface area (Å²) in [6.07, 6.45) is 2.10. The lowest BCUT2D eigenvalue weighted by molar-refractivity contribution is 0.403.